The smallest absolute Gasteiger partial charge is 0.321 e. The maximum atomic E-state index is 12.5. The fourth-order valence-corrected chi connectivity index (χ4v) is 3.57. The zero-order chi connectivity index (χ0) is 19.8. The first kappa shape index (κ1) is 17.4. The van der Waals surface area contributed by atoms with Crippen molar-refractivity contribution in [2.24, 2.45) is 10.2 Å². The summed E-state index contributed by atoms with van der Waals surface area (Å²) in [5, 5.41) is 23.9. The molecule has 3 N–H and O–H groups in total. The van der Waals surface area contributed by atoms with Crippen molar-refractivity contribution in [1.82, 2.24) is 9.88 Å². The Hall–Kier alpha value is -3.65. The second-order valence-corrected chi connectivity index (χ2v) is 6.98. The van der Waals surface area contributed by atoms with E-state index >= 15 is 0 Å². The van der Waals surface area contributed by atoms with Gasteiger partial charge in [-0.15, -0.1) is 0 Å². The summed E-state index contributed by atoms with van der Waals surface area (Å²) in [5.41, 5.74) is 3.06. The summed E-state index contributed by atoms with van der Waals surface area (Å²) in [6.07, 6.45) is 3.61. The molecule has 2 aliphatic rings. The first-order chi connectivity index (χ1) is 14.2. The number of nitrogens with one attached hydrogen (secondary N) is 2. The summed E-state index contributed by atoms with van der Waals surface area (Å²) in [6, 6.07) is 11.2. The van der Waals surface area contributed by atoms with Gasteiger partial charge in [0, 0.05) is 40.8 Å². The summed E-state index contributed by atoms with van der Waals surface area (Å²) < 4.78 is 5.29. The Kier molecular flexibility index (Phi) is 4.25. The standard InChI is InChI=1S/C21H19N5O3/c27-20-17(10-13-1-3-18-14(9-13)12-22-25-18)16-11-15(2-4-19(16)24-20)23-21(28)26-5-7-29-8-6-26/h1-4,9-12,24,27H,5-8H2,(H,23,28). The van der Waals surface area contributed by atoms with Crippen molar-refractivity contribution in [3.63, 3.8) is 0 Å². The Morgan fingerprint density at radius 3 is 2.93 bits per heavy atom. The number of aromatic nitrogens is 1. The van der Waals surface area contributed by atoms with E-state index in [1.54, 1.807) is 11.1 Å². The van der Waals surface area contributed by atoms with Crippen LogP contribution in [0, 0.1) is 0 Å². The number of ether oxygens (including phenoxy) is 1. The molecule has 0 atom stereocenters. The number of aromatic amines is 1. The van der Waals surface area contributed by atoms with E-state index in [2.05, 4.69) is 20.5 Å². The molecule has 2 amide bonds. The van der Waals surface area contributed by atoms with Gasteiger partial charge in [0.2, 0.25) is 0 Å². The molecule has 8 heteroatoms. The Bertz CT molecular complexity index is 1260. The van der Waals surface area contributed by atoms with Crippen molar-refractivity contribution in [3.8, 4) is 5.88 Å². The summed E-state index contributed by atoms with van der Waals surface area (Å²) in [4.78, 5) is 17.2. The van der Waals surface area contributed by atoms with Crippen LogP contribution in [0.1, 0.15) is 11.1 Å². The Morgan fingerprint density at radius 2 is 2.07 bits per heavy atom. The molecule has 2 aliphatic heterocycles. The van der Waals surface area contributed by atoms with Crippen molar-refractivity contribution in [3.05, 3.63) is 58.1 Å². The third-order valence-electron chi connectivity index (χ3n) is 5.09. The lowest BCUT2D eigenvalue weighted by Gasteiger charge is -2.26. The molecule has 0 bridgehead atoms. The number of rotatable bonds is 2. The number of anilines is 1. The molecule has 5 rings (SSSR count). The van der Waals surface area contributed by atoms with Gasteiger partial charge in [-0.05, 0) is 41.6 Å². The van der Waals surface area contributed by atoms with Gasteiger partial charge >= 0.3 is 6.03 Å². The molecule has 1 aromatic heterocycles. The minimum Gasteiger partial charge on any atom is -0.494 e. The van der Waals surface area contributed by atoms with Gasteiger partial charge < -0.3 is 25.0 Å². The van der Waals surface area contributed by atoms with Crippen LogP contribution in [0.15, 0.2) is 46.6 Å². The van der Waals surface area contributed by atoms with Crippen LogP contribution in [0.2, 0.25) is 0 Å². The van der Waals surface area contributed by atoms with Gasteiger partial charge in [-0.25, -0.2) is 4.79 Å². The zero-order valence-electron chi connectivity index (χ0n) is 15.6. The Labute approximate surface area is 165 Å². The van der Waals surface area contributed by atoms with Crippen LogP contribution in [0.3, 0.4) is 0 Å². The van der Waals surface area contributed by atoms with Crippen LogP contribution in [0.4, 0.5) is 10.5 Å². The van der Waals surface area contributed by atoms with Crippen molar-refractivity contribution >= 4 is 34.9 Å². The van der Waals surface area contributed by atoms with Crippen LogP contribution >= 0.6 is 0 Å². The lowest BCUT2D eigenvalue weighted by atomic mass is 10.1. The third-order valence-corrected chi connectivity index (χ3v) is 5.09. The number of benzene rings is 2. The number of nitrogens with zero attached hydrogens (tertiary/aromatic N) is 3. The van der Waals surface area contributed by atoms with E-state index in [1.165, 1.54) is 0 Å². The second-order valence-electron chi connectivity index (χ2n) is 6.98. The van der Waals surface area contributed by atoms with Gasteiger partial charge in [0.25, 0.3) is 0 Å². The highest BCUT2D eigenvalue weighted by Crippen LogP contribution is 2.30. The van der Waals surface area contributed by atoms with E-state index in [0.29, 0.717) is 37.6 Å². The molecule has 146 valence electrons. The average molecular weight is 389 g/mol. The first-order valence-electron chi connectivity index (χ1n) is 9.39. The van der Waals surface area contributed by atoms with E-state index in [9.17, 15) is 9.90 Å². The largest absolute Gasteiger partial charge is 0.494 e. The van der Waals surface area contributed by atoms with Gasteiger partial charge in [0.05, 0.1) is 24.8 Å². The number of amides is 2. The van der Waals surface area contributed by atoms with Gasteiger partial charge in [0.15, 0.2) is 5.88 Å². The number of hydrogen-bond donors (Lipinski definition) is 3. The number of aromatic hydroxyl groups is 1. The molecule has 1 saturated heterocycles. The first-order valence-corrected chi connectivity index (χ1v) is 9.39. The molecule has 8 nitrogen and oxygen atoms in total. The van der Waals surface area contributed by atoms with E-state index in [0.717, 1.165) is 27.0 Å². The highest BCUT2D eigenvalue weighted by molar-refractivity contribution is 5.97. The van der Waals surface area contributed by atoms with Crippen molar-refractivity contribution in [2.75, 3.05) is 31.6 Å². The van der Waals surface area contributed by atoms with Crippen molar-refractivity contribution < 1.29 is 14.6 Å². The van der Waals surface area contributed by atoms with Gasteiger partial charge in [-0.2, -0.15) is 10.2 Å². The lowest BCUT2D eigenvalue weighted by molar-refractivity contribution is 0.0564. The number of fused-ring (bicyclic) bond motifs is 2. The molecule has 2 aromatic carbocycles. The van der Waals surface area contributed by atoms with E-state index in [1.807, 2.05) is 42.5 Å². The molecular formula is C21H19N5O3. The minimum absolute atomic E-state index is 0.0792. The Morgan fingerprint density at radius 1 is 1.21 bits per heavy atom. The SMILES string of the molecule is O=C(Nc1ccc2[nH]c(O)c(C=c3ccc4c(c3)C=NN=4)c2c1)N1CCOCC1. The fourth-order valence-electron chi connectivity index (χ4n) is 3.57. The number of carbonyl (C=O) groups excluding carboxylic acids is 1. The summed E-state index contributed by atoms with van der Waals surface area (Å²) >= 11 is 0. The highest BCUT2D eigenvalue weighted by atomic mass is 16.5. The quantitative estimate of drug-likeness (QED) is 0.619. The number of morpholine rings is 1. The molecular weight excluding hydrogens is 370 g/mol. The monoisotopic (exact) mass is 389 g/mol. The average Bonchev–Trinajstić information content (AvgIpc) is 3.33. The van der Waals surface area contributed by atoms with Crippen LogP contribution in [0.5, 0.6) is 5.88 Å². The van der Waals surface area contributed by atoms with Crippen LogP contribution < -0.4 is 15.9 Å². The maximum Gasteiger partial charge on any atom is 0.321 e. The molecule has 0 radical (unpaired) electrons. The van der Waals surface area contributed by atoms with Gasteiger partial charge in [0.1, 0.15) is 0 Å². The molecule has 0 unspecified atom stereocenters. The predicted molar refractivity (Wildman–Crippen MR) is 110 cm³/mol. The second kappa shape index (κ2) is 7.06. The predicted octanol–water partition coefficient (Wildman–Crippen LogP) is 1.53. The third kappa shape index (κ3) is 3.34. The van der Waals surface area contributed by atoms with Crippen LogP contribution in [-0.2, 0) is 4.74 Å². The highest BCUT2D eigenvalue weighted by Gasteiger charge is 2.17. The topological polar surface area (TPSA) is 102 Å². The number of carbonyl (C=O) groups is 1. The maximum absolute atomic E-state index is 12.5. The lowest BCUT2D eigenvalue weighted by Crippen LogP contribution is -2.43. The summed E-state index contributed by atoms with van der Waals surface area (Å²) in [5.74, 6) is 0.0792. The van der Waals surface area contributed by atoms with Crippen LogP contribution in [0.25, 0.3) is 17.0 Å². The summed E-state index contributed by atoms with van der Waals surface area (Å²) in [7, 11) is 0. The normalized spacial score (nSPS) is 16.1. The minimum atomic E-state index is -0.153. The van der Waals surface area contributed by atoms with E-state index in [4.69, 9.17) is 4.74 Å². The van der Waals surface area contributed by atoms with E-state index in [-0.39, 0.29) is 11.9 Å². The van der Waals surface area contributed by atoms with Gasteiger partial charge in [-0.3, -0.25) is 0 Å². The molecule has 3 heterocycles. The van der Waals surface area contributed by atoms with Crippen LogP contribution in [-0.4, -0.2) is 53.5 Å². The van der Waals surface area contributed by atoms with Gasteiger partial charge in [-0.1, -0.05) is 6.07 Å². The molecule has 0 saturated carbocycles. The fraction of sp³-hybridized carbons (Fsp3) is 0.190. The Balaban J connectivity index is 1.49. The van der Waals surface area contributed by atoms with E-state index < -0.39 is 0 Å². The zero-order valence-corrected chi connectivity index (χ0v) is 15.6. The number of urea groups is 1. The van der Waals surface area contributed by atoms with Crippen molar-refractivity contribution in [2.45, 2.75) is 0 Å². The van der Waals surface area contributed by atoms with Crippen molar-refractivity contribution in [1.29, 1.82) is 0 Å². The number of hydrogen-bond acceptors (Lipinski definition) is 5. The molecule has 3 aromatic rings. The molecule has 29 heavy (non-hydrogen) atoms. The molecule has 1 fully saturated rings. The molecule has 0 aliphatic carbocycles. The number of H-pyrrole nitrogens is 1. The molecule has 0 spiro atoms. The summed E-state index contributed by atoms with van der Waals surface area (Å²) in [6.45, 7) is 2.25.